The van der Waals surface area contributed by atoms with E-state index in [1.165, 1.54) is 43.2 Å². The van der Waals surface area contributed by atoms with E-state index < -0.39 is 12.1 Å². The van der Waals surface area contributed by atoms with E-state index in [1.54, 1.807) is 0 Å². The van der Waals surface area contributed by atoms with Crippen molar-refractivity contribution >= 4 is 18.4 Å². The van der Waals surface area contributed by atoms with Gasteiger partial charge in [-0.25, -0.2) is 4.79 Å². The normalized spacial score (nSPS) is 11.7. The fourth-order valence-electron chi connectivity index (χ4n) is 3.02. The van der Waals surface area contributed by atoms with Gasteiger partial charge in [0.05, 0.1) is 0 Å². The average molecular weight is 385 g/mol. The SMILES string of the molecule is CCCCCc1ccc(OC(CCCC)C(=O)O)c(CCCCC)c1.Cl. The second-order valence-corrected chi connectivity index (χ2v) is 6.94. The Morgan fingerprint density at radius 1 is 0.962 bits per heavy atom. The molecule has 0 spiro atoms. The number of carboxylic acid groups (broad SMARTS) is 1. The Morgan fingerprint density at radius 3 is 2.15 bits per heavy atom. The predicted molar refractivity (Wildman–Crippen MR) is 112 cm³/mol. The molecule has 26 heavy (non-hydrogen) atoms. The van der Waals surface area contributed by atoms with Crippen LogP contribution in [-0.2, 0) is 17.6 Å². The van der Waals surface area contributed by atoms with Crippen LogP contribution in [0.1, 0.15) is 89.7 Å². The summed E-state index contributed by atoms with van der Waals surface area (Å²) in [6.07, 6.45) is 10.9. The Kier molecular flexibility index (Phi) is 14.2. The third-order valence-corrected chi connectivity index (χ3v) is 4.61. The van der Waals surface area contributed by atoms with Gasteiger partial charge in [-0.2, -0.15) is 0 Å². The number of carbonyl (C=O) groups is 1. The summed E-state index contributed by atoms with van der Waals surface area (Å²) >= 11 is 0. The van der Waals surface area contributed by atoms with Crippen molar-refractivity contribution in [3.63, 3.8) is 0 Å². The molecule has 1 aromatic carbocycles. The van der Waals surface area contributed by atoms with Crippen molar-refractivity contribution in [2.75, 3.05) is 0 Å². The summed E-state index contributed by atoms with van der Waals surface area (Å²) in [4.78, 5) is 11.5. The van der Waals surface area contributed by atoms with E-state index in [9.17, 15) is 9.90 Å². The third kappa shape index (κ3) is 9.47. The number of benzene rings is 1. The molecule has 3 nitrogen and oxygen atoms in total. The minimum absolute atomic E-state index is 0. The van der Waals surface area contributed by atoms with Crippen molar-refractivity contribution in [1.82, 2.24) is 0 Å². The minimum Gasteiger partial charge on any atom is -0.479 e. The number of aryl methyl sites for hydroxylation is 2. The van der Waals surface area contributed by atoms with Crippen LogP contribution in [0.5, 0.6) is 5.75 Å². The summed E-state index contributed by atoms with van der Waals surface area (Å²) in [7, 11) is 0. The van der Waals surface area contributed by atoms with Crippen LogP contribution in [0.4, 0.5) is 0 Å². The maximum atomic E-state index is 11.5. The molecule has 0 heterocycles. The highest BCUT2D eigenvalue weighted by atomic mass is 35.5. The van der Waals surface area contributed by atoms with Crippen LogP contribution in [0.2, 0.25) is 0 Å². The maximum Gasteiger partial charge on any atom is 0.344 e. The number of hydrogen-bond acceptors (Lipinski definition) is 2. The largest absolute Gasteiger partial charge is 0.479 e. The van der Waals surface area contributed by atoms with Gasteiger partial charge in [-0.3, -0.25) is 0 Å². The Morgan fingerprint density at radius 2 is 1.58 bits per heavy atom. The molecule has 0 amide bonds. The van der Waals surface area contributed by atoms with Crippen molar-refractivity contribution in [3.05, 3.63) is 29.3 Å². The molecule has 0 radical (unpaired) electrons. The first-order valence-corrected chi connectivity index (χ1v) is 10.1. The summed E-state index contributed by atoms with van der Waals surface area (Å²) < 4.78 is 5.92. The second-order valence-electron chi connectivity index (χ2n) is 6.94. The van der Waals surface area contributed by atoms with Crippen molar-refractivity contribution in [1.29, 1.82) is 0 Å². The molecule has 4 heteroatoms. The number of unbranched alkanes of at least 4 members (excludes halogenated alkanes) is 5. The van der Waals surface area contributed by atoms with E-state index in [0.717, 1.165) is 37.9 Å². The molecule has 150 valence electrons. The zero-order valence-electron chi connectivity index (χ0n) is 16.8. The van der Waals surface area contributed by atoms with E-state index in [1.807, 2.05) is 6.07 Å². The summed E-state index contributed by atoms with van der Waals surface area (Å²) in [5, 5.41) is 9.44. The van der Waals surface area contributed by atoms with E-state index in [-0.39, 0.29) is 12.4 Å². The molecule has 1 unspecified atom stereocenters. The third-order valence-electron chi connectivity index (χ3n) is 4.61. The van der Waals surface area contributed by atoms with Crippen LogP contribution in [-0.4, -0.2) is 17.2 Å². The van der Waals surface area contributed by atoms with Gasteiger partial charge in [0.2, 0.25) is 0 Å². The molecule has 1 aromatic rings. The van der Waals surface area contributed by atoms with Crippen LogP contribution in [0, 0.1) is 0 Å². The smallest absolute Gasteiger partial charge is 0.344 e. The van der Waals surface area contributed by atoms with Crippen LogP contribution in [0.3, 0.4) is 0 Å². The number of halogens is 1. The molecule has 0 aliphatic heterocycles. The summed E-state index contributed by atoms with van der Waals surface area (Å²) in [5.41, 5.74) is 2.51. The Balaban J connectivity index is 0.00000625. The minimum atomic E-state index is -0.861. The predicted octanol–water partition coefficient (Wildman–Crippen LogP) is 6.60. The number of carboxylic acids is 1. The number of ether oxygens (including phenoxy) is 1. The topological polar surface area (TPSA) is 46.5 Å². The zero-order valence-corrected chi connectivity index (χ0v) is 17.6. The van der Waals surface area contributed by atoms with Gasteiger partial charge < -0.3 is 9.84 Å². The van der Waals surface area contributed by atoms with E-state index >= 15 is 0 Å². The zero-order chi connectivity index (χ0) is 18.5. The molecule has 0 fully saturated rings. The first-order valence-electron chi connectivity index (χ1n) is 10.1. The monoisotopic (exact) mass is 384 g/mol. The molecular weight excluding hydrogens is 348 g/mol. The van der Waals surface area contributed by atoms with Crippen LogP contribution >= 0.6 is 12.4 Å². The number of rotatable bonds is 14. The summed E-state index contributed by atoms with van der Waals surface area (Å²) in [6.45, 7) is 6.49. The molecule has 1 N–H and O–H groups in total. The molecule has 0 aliphatic carbocycles. The van der Waals surface area contributed by atoms with Gasteiger partial charge in [-0.15, -0.1) is 12.4 Å². The van der Waals surface area contributed by atoms with Gasteiger partial charge in [-0.05, 0) is 55.7 Å². The van der Waals surface area contributed by atoms with Gasteiger partial charge in [0, 0.05) is 0 Å². The second kappa shape index (κ2) is 14.9. The van der Waals surface area contributed by atoms with Crippen molar-refractivity contribution in [2.45, 2.75) is 97.5 Å². The summed E-state index contributed by atoms with van der Waals surface area (Å²) in [6, 6.07) is 6.33. The van der Waals surface area contributed by atoms with Crippen molar-refractivity contribution < 1.29 is 14.6 Å². The molecular formula is C22H37ClO3. The lowest BCUT2D eigenvalue weighted by Gasteiger charge is -2.18. The van der Waals surface area contributed by atoms with Gasteiger partial charge >= 0.3 is 5.97 Å². The first-order chi connectivity index (χ1) is 12.1. The molecule has 0 aliphatic rings. The summed E-state index contributed by atoms with van der Waals surface area (Å²) in [5.74, 6) is -0.0983. The molecule has 0 saturated carbocycles. The maximum absolute atomic E-state index is 11.5. The van der Waals surface area contributed by atoms with Gasteiger partial charge in [0.1, 0.15) is 5.75 Å². The molecule has 0 saturated heterocycles. The Hall–Kier alpha value is -1.22. The standard InChI is InChI=1S/C22H36O3.ClH/c1-4-7-10-12-18-15-16-20(19(17-18)13-11-8-5-2)25-21(22(23)24)14-9-6-3;/h15-17,21H,4-14H2,1-3H3,(H,23,24);1H. The van der Waals surface area contributed by atoms with E-state index in [2.05, 4.69) is 32.9 Å². The average Bonchev–Trinajstić information content (AvgIpc) is 2.60. The Bertz CT molecular complexity index is 502. The quantitative estimate of drug-likeness (QED) is 0.367. The Labute approximate surface area is 165 Å². The van der Waals surface area contributed by atoms with Crippen LogP contribution < -0.4 is 4.74 Å². The van der Waals surface area contributed by atoms with Crippen molar-refractivity contribution in [2.24, 2.45) is 0 Å². The van der Waals surface area contributed by atoms with E-state index in [4.69, 9.17) is 4.74 Å². The fraction of sp³-hybridized carbons (Fsp3) is 0.682. The molecule has 0 aromatic heterocycles. The number of hydrogen-bond donors (Lipinski definition) is 1. The lowest BCUT2D eigenvalue weighted by molar-refractivity contribution is -0.145. The first kappa shape index (κ1) is 24.8. The molecule has 1 rings (SSSR count). The lowest BCUT2D eigenvalue weighted by Crippen LogP contribution is -2.27. The van der Waals surface area contributed by atoms with Crippen molar-refractivity contribution in [3.8, 4) is 5.75 Å². The lowest BCUT2D eigenvalue weighted by atomic mass is 10.00. The highest BCUT2D eigenvalue weighted by Gasteiger charge is 2.20. The highest BCUT2D eigenvalue weighted by Crippen LogP contribution is 2.26. The molecule has 1 atom stereocenters. The van der Waals surface area contributed by atoms with Crippen LogP contribution in [0.25, 0.3) is 0 Å². The number of aliphatic carboxylic acids is 1. The van der Waals surface area contributed by atoms with Gasteiger partial charge in [0.25, 0.3) is 0 Å². The highest BCUT2D eigenvalue weighted by molar-refractivity contribution is 5.85. The van der Waals surface area contributed by atoms with E-state index in [0.29, 0.717) is 6.42 Å². The van der Waals surface area contributed by atoms with Gasteiger partial charge in [-0.1, -0.05) is 65.0 Å². The fourth-order valence-corrected chi connectivity index (χ4v) is 3.02. The van der Waals surface area contributed by atoms with Crippen LogP contribution in [0.15, 0.2) is 18.2 Å². The molecule has 0 bridgehead atoms. The van der Waals surface area contributed by atoms with Gasteiger partial charge in [0.15, 0.2) is 6.10 Å².